The van der Waals surface area contributed by atoms with Gasteiger partial charge in [0.05, 0.1) is 12.2 Å². The van der Waals surface area contributed by atoms with Gasteiger partial charge in [0.15, 0.2) is 0 Å². The lowest BCUT2D eigenvalue weighted by molar-refractivity contribution is 0.0628. The molecule has 1 aliphatic rings. The van der Waals surface area contributed by atoms with E-state index in [4.69, 9.17) is 4.74 Å². The normalized spacial score (nSPS) is 13.5. The zero-order chi connectivity index (χ0) is 20.9. The molecule has 0 saturated heterocycles. The van der Waals surface area contributed by atoms with Gasteiger partial charge >= 0.3 is 5.97 Å². The van der Waals surface area contributed by atoms with Gasteiger partial charge in [-0.2, -0.15) is 0 Å². The summed E-state index contributed by atoms with van der Waals surface area (Å²) < 4.78 is 6.44. The molecule has 0 bridgehead atoms. The van der Waals surface area contributed by atoms with Crippen LogP contribution in [0.2, 0.25) is 0 Å². The summed E-state index contributed by atoms with van der Waals surface area (Å²) in [5, 5.41) is 9.39. The van der Waals surface area contributed by atoms with Gasteiger partial charge in [0.1, 0.15) is 6.10 Å². The van der Waals surface area contributed by atoms with Gasteiger partial charge in [0.2, 0.25) is 0 Å². The van der Waals surface area contributed by atoms with Gasteiger partial charge in [-0.05, 0) is 53.8 Å². The zero-order valence-electron chi connectivity index (χ0n) is 17.3. The fourth-order valence-electron chi connectivity index (χ4n) is 4.21. The van der Waals surface area contributed by atoms with E-state index in [1.165, 1.54) is 22.3 Å². The van der Waals surface area contributed by atoms with Crippen LogP contribution in [0.4, 0.5) is 0 Å². The molecule has 0 amide bonds. The summed E-state index contributed by atoms with van der Waals surface area (Å²) in [6.07, 6.45) is 1.98. The van der Waals surface area contributed by atoms with Crippen LogP contribution in [-0.2, 0) is 24.1 Å². The van der Waals surface area contributed by atoms with E-state index >= 15 is 0 Å². The summed E-state index contributed by atoms with van der Waals surface area (Å²) >= 11 is 0. The van der Waals surface area contributed by atoms with Crippen molar-refractivity contribution in [3.05, 3.63) is 106 Å². The Balaban J connectivity index is 1.46. The fraction of sp³-hybridized carbons (Fsp3) is 0.269. The SMILES string of the molecule is CN(CCOC1c2ccccc2CCc2ccccc21)Cc1ccccc1C(=O)O. The van der Waals surface area contributed by atoms with Crippen LogP contribution in [0.5, 0.6) is 0 Å². The van der Waals surface area contributed by atoms with E-state index < -0.39 is 5.97 Å². The summed E-state index contributed by atoms with van der Waals surface area (Å²) in [7, 11) is 2.00. The van der Waals surface area contributed by atoms with E-state index in [0.29, 0.717) is 18.7 Å². The van der Waals surface area contributed by atoms with E-state index in [1.54, 1.807) is 12.1 Å². The van der Waals surface area contributed by atoms with Gasteiger partial charge in [-0.25, -0.2) is 4.79 Å². The summed E-state index contributed by atoms with van der Waals surface area (Å²) in [6.45, 7) is 1.86. The second kappa shape index (κ2) is 9.24. The number of fused-ring (bicyclic) bond motifs is 2. The van der Waals surface area contributed by atoms with Crippen LogP contribution in [0.3, 0.4) is 0 Å². The van der Waals surface area contributed by atoms with Crippen LogP contribution in [0.1, 0.15) is 44.3 Å². The molecule has 3 aromatic rings. The maximum atomic E-state index is 11.4. The minimum Gasteiger partial charge on any atom is -0.478 e. The predicted octanol–water partition coefficient (Wildman–Crippen LogP) is 4.72. The lowest BCUT2D eigenvalue weighted by atomic mass is 9.97. The topological polar surface area (TPSA) is 49.8 Å². The highest BCUT2D eigenvalue weighted by molar-refractivity contribution is 5.89. The first-order chi connectivity index (χ1) is 14.6. The van der Waals surface area contributed by atoms with Crippen molar-refractivity contribution < 1.29 is 14.6 Å². The first-order valence-corrected chi connectivity index (χ1v) is 10.4. The first kappa shape index (κ1) is 20.3. The monoisotopic (exact) mass is 401 g/mol. The molecule has 0 unspecified atom stereocenters. The van der Waals surface area contributed by atoms with Crippen LogP contribution in [-0.4, -0.2) is 36.2 Å². The molecular formula is C26H27NO3. The van der Waals surface area contributed by atoms with Gasteiger partial charge < -0.3 is 9.84 Å². The van der Waals surface area contributed by atoms with Crippen molar-refractivity contribution in [2.24, 2.45) is 0 Å². The van der Waals surface area contributed by atoms with E-state index in [1.807, 2.05) is 19.2 Å². The number of ether oxygens (including phenoxy) is 1. The number of rotatable bonds is 7. The maximum absolute atomic E-state index is 11.4. The first-order valence-electron chi connectivity index (χ1n) is 10.4. The lowest BCUT2D eigenvalue weighted by Crippen LogP contribution is -2.25. The number of likely N-dealkylation sites (N-methyl/N-ethyl adjacent to an activating group) is 1. The molecule has 4 heteroatoms. The number of benzene rings is 3. The number of hydrogen-bond acceptors (Lipinski definition) is 3. The second-order valence-electron chi connectivity index (χ2n) is 7.85. The molecule has 0 radical (unpaired) electrons. The molecule has 1 aliphatic carbocycles. The van der Waals surface area contributed by atoms with E-state index in [9.17, 15) is 9.90 Å². The van der Waals surface area contributed by atoms with Crippen molar-refractivity contribution in [3.63, 3.8) is 0 Å². The summed E-state index contributed by atoms with van der Waals surface area (Å²) in [5.74, 6) is -0.887. The number of aromatic carboxylic acids is 1. The molecule has 0 aliphatic heterocycles. The average Bonchev–Trinajstić information content (AvgIpc) is 2.91. The summed E-state index contributed by atoms with van der Waals surface area (Å²) in [5.41, 5.74) is 6.38. The highest BCUT2D eigenvalue weighted by Crippen LogP contribution is 2.34. The Bertz CT molecular complexity index is 983. The number of carbonyl (C=O) groups is 1. The van der Waals surface area contributed by atoms with Gasteiger partial charge in [-0.3, -0.25) is 4.90 Å². The molecule has 0 saturated carbocycles. The molecule has 30 heavy (non-hydrogen) atoms. The van der Waals surface area contributed by atoms with Crippen LogP contribution < -0.4 is 0 Å². The van der Waals surface area contributed by atoms with E-state index in [2.05, 4.69) is 53.4 Å². The Hall–Kier alpha value is -2.95. The van der Waals surface area contributed by atoms with Crippen LogP contribution in [0, 0.1) is 0 Å². The number of carboxylic acid groups (broad SMARTS) is 1. The predicted molar refractivity (Wildman–Crippen MR) is 118 cm³/mol. The quantitative estimate of drug-likeness (QED) is 0.622. The van der Waals surface area contributed by atoms with Gasteiger partial charge in [0, 0.05) is 13.1 Å². The molecule has 3 aromatic carbocycles. The van der Waals surface area contributed by atoms with Crippen molar-refractivity contribution in [1.29, 1.82) is 0 Å². The third-order valence-corrected chi connectivity index (χ3v) is 5.78. The van der Waals surface area contributed by atoms with E-state index in [-0.39, 0.29) is 6.10 Å². The average molecular weight is 402 g/mol. The third kappa shape index (κ3) is 4.45. The van der Waals surface area contributed by atoms with Crippen LogP contribution in [0.25, 0.3) is 0 Å². The largest absolute Gasteiger partial charge is 0.478 e. The van der Waals surface area contributed by atoms with Crippen LogP contribution in [0.15, 0.2) is 72.8 Å². The molecular weight excluding hydrogens is 374 g/mol. The Kier molecular flexibility index (Phi) is 6.26. The van der Waals surface area contributed by atoms with Gasteiger partial charge in [0.25, 0.3) is 0 Å². The zero-order valence-corrected chi connectivity index (χ0v) is 17.3. The van der Waals surface area contributed by atoms with E-state index in [0.717, 1.165) is 24.9 Å². The number of aryl methyl sites for hydroxylation is 2. The number of hydrogen-bond donors (Lipinski definition) is 1. The number of carboxylic acids is 1. The fourth-order valence-corrected chi connectivity index (χ4v) is 4.21. The molecule has 0 spiro atoms. The molecule has 0 fully saturated rings. The Morgan fingerprint density at radius 1 is 0.933 bits per heavy atom. The minimum absolute atomic E-state index is 0.0698. The Morgan fingerprint density at radius 2 is 1.50 bits per heavy atom. The molecule has 0 heterocycles. The highest BCUT2D eigenvalue weighted by atomic mass is 16.5. The van der Waals surface area contributed by atoms with Gasteiger partial charge in [-0.15, -0.1) is 0 Å². The van der Waals surface area contributed by atoms with Crippen molar-refractivity contribution in [3.8, 4) is 0 Å². The van der Waals surface area contributed by atoms with Crippen LogP contribution >= 0.6 is 0 Å². The molecule has 4 rings (SSSR count). The smallest absolute Gasteiger partial charge is 0.336 e. The molecule has 1 N–H and O–H groups in total. The minimum atomic E-state index is -0.887. The summed E-state index contributed by atoms with van der Waals surface area (Å²) in [4.78, 5) is 13.6. The standard InChI is InChI=1S/C26H27NO3/c1-27(18-21-10-4-7-13-24(21)26(28)29)16-17-30-25-22-11-5-2-8-19(22)14-15-20-9-3-6-12-23(20)25/h2-13,25H,14-18H2,1H3,(H,28,29). The number of nitrogens with zero attached hydrogens (tertiary/aromatic N) is 1. The molecule has 0 aromatic heterocycles. The van der Waals surface area contributed by atoms with Gasteiger partial charge in [-0.1, -0.05) is 66.7 Å². The maximum Gasteiger partial charge on any atom is 0.336 e. The Morgan fingerprint density at radius 3 is 2.13 bits per heavy atom. The molecule has 4 nitrogen and oxygen atoms in total. The van der Waals surface area contributed by atoms with Crippen molar-refractivity contribution >= 4 is 5.97 Å². The van der Waals surface area contributed by atoms with Crippen molar-refractivity contribution in [2.75, 3.05) is 20.2 Å². The summed E-state index contributed by atoms with van der Waals surface area (Å²) in [6, 6.07) is 24.3. The molecule has 0 atom stereocenters. The molecule has 154 valence electrons. The van der Waals surface area contributed by atoms with Crippen molar-refractivity contribution in [1.82, 2.24) is 4.90 Å². The third-order valence-electron chi connectivity index (χ3n) is 5.78. The highest BCUT2D eigenvalue weighted by Gasteiger charge is 2.24. The van der Waals surface area contributed by atoms with Crippen molar-refractivity contribution in [2.45, 2.75) is 25.5 Å². The Labute approximate surface area is 177 Å². The second-order valence-corrected chi connectivity index (χ2v) is 7.85. The lowest BCUT2D eigenvalue weighted by Gasteiger charge is -2.23.